The Hall–Kier alpha value is -0.770. The highest BCUT2D eigenvalue weighted by Gasteiger charge is 2.31. The van der Waals surface area contributed by atoms with Crippen LogP contribution in [-0.4, -0.2) is 11.5 Å². The molecule has 1 saturated carbocycles. The third kappa shape index (κ3) is 1.69. The highest BCUT2D eigenvalue weighted by atomic mass is 32.1. The van der Waals surface area contributed by atoms with Gasteiger partial charge in [-0.15, -0.1) is 0 Å². The second-order valence-electron chi connectivity index (χ2n) is 3.42. The standard InChI is InChI=1S/C8H13N3S/c1-5-2-6(5)3-10-8-11-4-7(9)12-8/h4-6H,2-3,9H2,1H3,(H,10,11). The van der Waals surface area contributed by atoms with Crippen LogP contribution in [0.1, 0.15) is 13.3 Å². The van der Waals surface area contributed by atoms with E-state index in [1.165, 1.54) is 17.8 Å². The molecular weight excluding hydrogens is 170 g/mol. The molecule has 3 nitrogen and oxygen atoms in total. The molecule has 1 aliphatic rings. The zero-order chi connectivity index (χ0) is 8.55. The molecule has 1 heterocycles. The van der Waals surface area contributed by atoms with E-state index in [9.17, 15) is 0 Å². The molecule has 2 unspecified atom stereocenters. The fraction of sp³-hybridized carbons (Fsp3) is 0.625. The predicted octanol–water partition coefficient (Wildman–Crippen LogP) is 1.79. The van der Waals surface area contributed by atoms with Crippen molar-refractivity contribution in [1.29, 1.82) is 0 Å². The number of anilines is 2. The molecule has 0 radical (unpaired) electrons. The Morgan fingerprint density at radius 1 is 1.83 bits per heavy atom. The molecule has 0 saturated heterocycles. The van der Waals surface area contributed by atoms with Crippen LogP contribution in [0.25, 0.3) is 0 Å². The van der Waals surface area contributed by atoms with Gasteiger partial charge in [-0.05, 0) is 18.3 Å². The summed E-state index contributed by atoms with van der Waals surface area (Å²) in [6.07, 6.45) is 3.05. The van der Waals surface area contributed by atoms with Gasteiger partial charge in [-0.1, -0.05) is 18.3 Å². The number of hydrogen-bond donors (Lipinski definition) is 2. The molecule has 1 aromatic rings. The molecule has 66 valence electrons. The molecule has 0 aromatic carbocycles. The van der Waals surface area contributed by atoms with Gasteiger partial charge >= 0.3 is 0 Å². The average Bonchev–Trinajstić information content (AvgIpc) is 2.56. The van der Waals surface area contributed by atoms with E-state index in [0.29, 0.717) is 0 Å². The van der Waals surface area contributed by atoms with Crippen molar-refractivity contribution < 1.29 is 0 Å². The lowest BCUT2D eigenvalue weighted by molar-refractivity contribution is 0.786. The Labute approximate surface area is 76.0 Å². The Kier molecular flexibility index (Phi) is 1.92. The van der Waals surface area contributed by atoms with Crippen molar-refractivity contribution in [3.8, 4) is 0 Å². The molecule has 0 spiro atoms. The maximum atomic E-state index is 5.54. The zero-order valence-electron chi connectivity index (χ0n) is 7.08. The van der Waals surface area contributed by atoms with Crippen LogP contribution >= 0.6 is 11.3 Å². The number of hydrogen-bond acceptors (Lipinski definition) is 4. The van der Waals surface area contributed by atoms with Crippen molar-refractivity contribution >= 4 is 21.5 Å². The van der Waals surface area contributed by atoms with Gasteiger partial charge in [0.1, 0.15) is 5.00 Å². The van der Waals surface area contributed by atoms with Crippen molar-refractivity contribution in [3.05, 3.63) is 6.20 Å². The lowest BCUT2D eigenvalue weighted by Crippen LogP contribution is -2.03. The van der Waals surface area contributed by atoms with Crippen LogP contribution in [0.15, 0.2) is 6.20 Å². The summed E-state index contributed by atoms with van der Waals surface area (Å²) in [6.45, 7) is 3.33. The third-order valence-corrected chi connectivity index (χ3v) is 3.10. The Bertz CT molecular complexity index is 271. The van der Waals surface area contributed by atoms with Crippen molar-refractivity contribution in [2.75, 3.05) is 17.6 Å². The molecule has 1 aliphatic carbocycles. The van der Waals surface area contributed by atoms with Crippen molar-refractivity contribution in [1.82, 2.24) is 4.98 Å². The summed E-state index contributed by atoms with van der Waals surface area (Å²) >= 11 is 1.51. The van der Waals surface area contributed by atoms with E-state index in [2.05, 4.69) is 17.2 Å². The lowest BCUT2D eigenvalue weighted by Gasteiger charge is -1.98. The third-order valence-electron chi connectivity index (χ3n) is 2.32. The minimum Gasteiger partial charge on any atom is -0.389 e. The lowest BCUT2D eigenvalue weighted by atomic mass is 10.3. The minimum atomic E-state index is 0.779. The van der Waals surface area contributed by atoms with Crippen LogP contribution in [0.3, 0.4) is 0 Å². The van der Waals surface area contributed by atoms with Crippen molar-refractivity contribution in [2.45, 2.75) is 13.3 Å². The van der Waals surface area contributed by atoms with Crippen molar-refractivity contribution in [2.24, 2.45) is 11.8 Å². The number of nitrogens with zero attached hydrogens (tertiary/aromatic N) is 1. The number of nitrogen functional groups attached to an aromatic ring is 1. The van der Waals surface area contributed by atoms with E-state index in [1.54, 1.807) is 6.20 Å². The highest BCUT2D eigenvalue weighted by molar-refractivity contribution is 7.19. The first-order chi connectivity index (χ1) is 5.75. The van der Waals surface area contributed by atoms with Crippen LogP contribution in [0.4, 0.5) is 10.1 Å². The van der Waals surface area contributed by atoms with E-state index >= 15 is 0 Å². The first kappa shape index (κ1) is 7.86. The molecule has 12 heavy (non-hydrogen) atoms. The Balaban J connectivity index is 1.80. The van der Waals surface area contributed by atoms with Gasteiger partial charge in [-0.2, -0.15) is 0 Å². The Morgan fingerprint density at radius 3 is 3.08 bits per heavy atom. The predicted molar refractivity (Wildman–Crippen MR) is 52.3 cm³/mol. The fourth-order valence-electron chi connectivity index (χ4n) is 1.27. The monoisotopic (exact) mass is 183 g/mol. The van der Waals surface area contributed by atoms with E-state index in [-0.39, 0.29) is 0 Å². The van der Waals surface area contributed by atoms with Crippen molar-refractivity contribution in [3.63, 3.8) is 0 Å². The number of aromatic nitrogens is 1. The SMILES string of the molecule is CC1CC1CNc1ncc(N)s1. The topological polar surface area (TPSA) is 50.9 Å². The molecular formula is C8H13N3S. The maximum Gasteiger partial charge on any atom is 0.184 e. The van der Waals surface area contributed by atoms with E-state index in [1.807, 2.05) is 0 Å². The molecule has 3 N–H and O–H groups in total. The first-order valence-corrected chi connectivity index (χ1v) is 5.02. The highest BCUT2D eigenvalue weighted by Crippen LogP contribution is 2.37. The molecule has 0 amide bonds. The summed E-state index contributed by atoms with van der Waals surface area (Å²) in [6, 6.07) is 0. The van der Waals surface area contributed by atoms with Gasteiger partial charge in [-0.3, -0.25) is 0 Å². The first-order valence-electron chi connectivity index (χ1n) is 4.21. The van der Waals surface area contributed by atoms with E-state index in [0.717, 1.165) is 28.5 Å². The number of rotatable bonds is 3. The van der Waals surface area contributed by atoms with Crippen LogP contribution in [0, 0.1) is 11.8 Å². The number of nitrogens with one attached hydrogen (secondary N) is 1. The summed E-state index contributed by atoms with van der Waals surface area (Å²) < 4.78 is 0. The van der Waals surface area contributed by atoms with Crippen LogP contribution in [0.5, 0.6) is 0 Å². The van der Waals surface area contributed by atoms with Gasteiger partial charge in [0.05, 0.1) is 6.20 Å². The van der Waals surface area contributed by atoms with Gasteiger partial charge in [0.2, 0.25) is 0 Å². The molecule has 4 heteroatoms. The molecule has 1 fully saturated rings. The summed E-state index contributed by atoms with van der Waals surface area (Å²) in [5, 5.41) is 5.01. The Morgan fingerprint density at radius 2 is 2.58 bits per heavy atom. The molecule has 0 aliphatic heterocycles. The summed E-state index contributed by atoms with van der Waals surface area (Å²) in [4.78, 5) is 4.12. The van der Waals surface area contributed by atoms with Gasteiger partial charge in [-0.25, -0.2) is 4.98 Å². The fourth-order valence-corrected chi connectivity index (χ4v) is 1.86. The zero-order valence-corrected chi connectivity index (χ0v) is 7.90. The quantitative estimate of drug-likeness (QED) is 0.751. The smallest absolute Gasteiger partial charge is 0.184 e. The summed E-state index contributed by atoms with van der Waals surface area (Å²) in [5.41, 5.74) is 5.54. The second kappa shape index (κ2) is 2.94. The van der Waals surface area contributed by atoms with Gasteiger partial charge < -0.3 is 11.1 Å². The van der Waals surface area contributed by atoms with Crippen LogP contribution < -0.4 is 11.1 Å². The second-order valence-corrected chi connectivity index (χ2v) is 4.48. The van der Waals surface area contributed by atoms with Gasteiger partial charge in [0.15, 0.2) is 5.13 Å². The number of nitrogens with two attached hydrogens (primary N) is 1. The van der Waals surface area contributed by atoms with Gasteiger partial charge in [0.25, 0.3) is 0 Å². The number of thiazole rings is 1. The molecule has 0 bridgehead atoms. The largest absolute Gasteiger partial charge is 0.389 e. The normalized spacial score (nSPS) is 27.1. The minimum absolute atomic E-state index is 0.779. The molecule has 2 rings (SSSR count). The molecule has 2 atom stereocenters. The van der Waals surface area contributed by atoms with E-state index in [4.69, 9.17) is 5.73 Å². The maximum absolute atomic E-state index is 5.54. The summed E-state index contributed by atoms with van der Waals surface area (Å²) in [7, 11) is 0. The van der Waals surface area contributed by atoms with Crippen LogP contribution in [0.2, 0.25) is 0 Å². The van der Waals surface area contributed by atoms with Gasteiger partial charge in [0, 0.05) is 6.54 Å². The van der Waals surface area contributed by atoms with E-state index < -0.39 is 0 Å². The summed E-state index contributed by atoms with van der Waals surface area (Å²) in [5.74, 6) is 1.75. The van der Waals surface area contributed by atoms with Crippen LogP contribution in [-0.2, 0) is 0 Å². The molecule has 1 aromatic heterocycles. The average molecular weight is 183 g/mol.